The van der Waals surface area contributed by atoms with Gasteiger partial charge in [-0.1, -0.05) is 63.7 Å². The first-order valence-corrected chi connectivity index (χ1v) is 9.05. The van der Waals surface area contributed by atoms with E-state index in [-0.39, 0.29) is 12.1 Å². The molecule has 0 saturated heterocycles. The first-order valence-electron chi connectivity index (χ1n) is 7.93. The van der Waals surface area contributed by atoms with Crippen molar-refractivity contribution in [3.63, 3.8) is 0 Å². The minimum atomic E-state index is -0.271. The van der Waals surface area contributed by atoms with Crippen molar-refractivity contribution < 1.29 is 9.53 Å². The molecule has 124 valence electrons. The van der Waals surface area contributed by atoms with Gasteiger partial charge in [0.2, 0.25) is 0 Å². The summed E-state index contributed by atoms with van der Waals surface area (Å²) in [6.07, 6.45) is 3.57. The molecule has 1 unspecified atom stereocenters. The van der Waals surface area contributed by atoms with Crippen LogP contribution in [-0.2, 0) is 4.74 Å². The molecular formula is C21H21BrO2. The number of carbonyl (C=O) groups excluding carboxylic acids is 1. The number of unbranched alkanes of at least 4 members (excludes halogenated alkanes) is 1. The van der Waals surface area contributed by atoms with Crippen LogP contribution < -0.4 is 0 Å². The van der Waals surface area contributed by atoms with Crippen molar-refractivity contribution in [1.29, 1.82) is 0 Å². The summed E-state index contributed by atoms with van der Waals surface area (Å²) in [5.41, 5.74) is 0.587. The van der Waals surface area contributed by atoms with Crippen molar-refractivity contribution in [3.8, 4) is 35.5 Å². The van der Waals surface area contributed by atoms with Crippen LogP contribution >= 0.6 is 15.9 Å². The number of esters is 1. The average Bonchev–Trinajstić information content (AvgIpc) is 2.60. The molecule has 0 aliphatic carbocycles. The summed E-state index contributed by atoms with van der Waals surface area (Å²) in [5, 5.41) is 0.688. The molecule has 0 N–H and O–H groups in total. The van der Waals surface area contributed by atoms with Gasteiger partial charge in [-0.2, -0.15) is 0 Å². The molecule has 3 heteroatoms. The average molecular weight is 385 g/mol. The molecule has 1 aromatic carbocycles. The predicted molar refractivity (Wildman–Crippen MR) is 102 cm³/mol. The van der Waals surface area contributed by atoms with E-state index in [0.29, 0.717) is 23.7 Å². The first-order chi connectivity index (χ1) is 11.7. The topological polar surface area (TPSA) is 26.3 Å². The summed E-state index contributed by atoms with van der Waals surface area (Å²) < 4.78 is 5.40. The SMILES string of the molecule is CC(CCCC#CCC#CCC#CCBr)OC(=O)c1ccccc1. The van der Waals surface area contributed by atoms with Gasteiger partial charge < -0.3 is 4.74 Å². The molecule has 1 rings (SSSR count). The molecule has 0 amide bonds. The molecule has 1 aromatic rings. The third-order valence-corrected chi connectivity index (χ3v) is 3.31. The fraction of sp³-hybridized carbons (Fsp3) is 0.381. The smallest absolute Gasteiger partial charge is 0.338 e. The van der Waals surface area contributed by atoms with E-state index < -0.39 is 0 Å². The molecule has 1 atom stereocenters. The fourth-order valence-corrected chi connectivity index (χ4v) is 2.03. The van der Waals surface area contributed by atoms with Gasteiger partial charge in [0.05, 0.1) is 29.8 Å². The highest BCUT2D eigenvalue weighted by Gasteiger charge is 2.10. The molecule has 0 spiro atoms. The third-order valence-electron chi connectivity index (χ3n) is 3.03. The quantitative estimate of drug-likeness (QED) is 0.321. The normalized spacial score (nSPS) is 10.1. The summed E-state index contributed by atoms with van der Waals surface area (Å²) in [4.78, 5) is 11.9. The van der Waals surface area contributed by atoms with Crippen molar-refractivity contribution in [1.82, 2.24) is 0 Å². The lowest BCUT2D eigenvalue weighted by atomic mass is 10.1. The largest absolute Gasteiger partial charge is 0.459 e. The van der Waals surface area contributed by atoms with E-state index in [1.807, 2.05) is 25.1 Å². The van der Waals surface area contributed by atoms with Crippen LogP contribution in [0.25, 0.3) is 0 Å². The zero-order valence-electron chi connectivity index (χ0n) is 13.9. The van der Waals surface area contributed by atoms with Gasteiger partial charge in [-0.3, -0.25) is 0 Å². The number of hydrogen-bond acceptors (Lipinski definition) is 2. The number of alkyl halides is 1. The van der Waals surface area contributed by atoms with Gasteiger partial charge in [-0.05, 0) is 31.9 Å². The lowest BCUT2D eigenvalue weighted by molar-refractivity contribution is 0.0321. The maximum Gasteiger partial charge on any atom is 0.338 e. The molecule has 0 aliphatic heterocycles. The van der Waals surface area contributed by atoms with Crippen LogP contribution in [0.1, 0.15) is 49.4 Å². The summed E-state index contributed by atoms with van der Waals surface area (Å²) in [6, 6.07) is 9.04. The van der Waals surface area contributed by atoms with E-state index in [1.165, 1.54) is 0 Å². The van der Waals surface area contributed by atoms with Gasteiger partial charge in [0, 0.05) is 6.42 Å². The highest BCUT2D eigenvalue weighted by atomic mass is 79.9. The summed E-state index contributed by atoms with van der Waals surface area (Å²) in [7, 11) is 0. The number of rotatable bonds is 5. The predicted octanol–water partition coefficient (Wildman–Crippen LogP) is 4.59. The van der Waals surface area contributed by atoms with Crippen LogP contribution in [0, 0.1) is 35.5 Å². The Hall–Kier alpha value is -2.15. The Kier molecular flexibility index (Phi) is 11.0. The van der Waals surface area contributed by atoms with Crippen molar-refractivity contribution >= 4 is 21.9 Å². The van der Waals surface area contributed by atoms with Crippen LogP contribution in [0.2, 0.25) is 0 Å². The molecule has 0 saturated carbocycles. The zero-order valence-corrected chi connectivity index (χ0v) is 15.5. The van der Waals surface area contributed by atoms with E-state index in [4.69, 9.17) is 4.74 Å². The van der Waals surface area contributed by atoms with Crippen LogP contribution in [0.15, 0.2) is 30.3 Å². The van der Waals surface area contributed by atoms with Gasteiger partial charge >= 0.3 is 5.97 Å². The van der Waals surface area contributed by atoms with Gasteiger partial charge in [-0.15, -0.1) is 5.92 Å². The molecule has 0 fully saturated rings. The zero-order chi connectivity index (χ0) is 17.5. The summed E-state index contributed by atoms with van der Waals surface area (Å²) in [5.74, 6) is 17.6. The fourth-order valence-electron chi connectivity index (χ4n) is 1.84. The van der Waals surface area contributed by atoms with Crippen molar-refractivity contribution in [2.45, 2.75) is 45.1 Å². The third kappa shape index (κ3) is 9.78. The Morgan fingerprint density at radius 1 is 1.04 bits per heavy atom. The Bertz CT molecular complexity index is 675. The highest BCUT2D eigenvalue weighted by molar-refractivity contribution is 9.09. The van der Waals surface area contributed by atoms with E-state index in [2.05, 4.69) is 51.5 Å². The number of hydrogen-bond donors (Lipinski definition) is 0. The van der Waals surface area contributed by atoms with E-state index in [9.17, 15) is 4.79 Å². The molecule has 0 radical (unpaired) electrons. The number of carbonyl (C=O) groups is 1. The highest BCUT2D eigenvalue weighted by Crippen LogP contribution is 2.08. The number of benzene rings is 1. The minimum Gasteiger partial charge on any atom is -0.459 e. The second-order valence-electron chi connectivity index (χ2n) is 5.02. The Morgan fingerprint density at radius 3 is 2.33 bits per heavy atom. The van der Waals surface area contributed by atoms with Crippen molar-refractivity contribution in [3.05, 3.63) is 35.9 Å². The Balaban J connectivity index is 2.15. The Morgan fingerprint density at radius 2 is 1.67 bits per heavy atom. The van der Waals surface area contributed by atoms with E-state index in [0.717, 1.165) is 19.3 Å². The van der Waals surface area contributed by atoms with Crippen LogP contribution in [0.3, 0.4) is 0 Å². The Labute approximate surface area is 153 Å². The lowest BCUT2D eigenvalue weighted by Crippen LogP contribution is -2.14. The second kappa shape index (κ2) is 13.3. The van der Waals surface area contributed by atoms with Crippen LogP contribution in [-0.4, -0.2) is 17.4 Å². The maximum absolute atomic E-state index is 11.9. The lowest BCUT2D eigenvalue weighted by Gasteiger charge is -2.12. The van der Waals surface area contributed by atoms with Gasteiger partial charge in [-0.25, -0.2) is 4.79 Å². The molecular weight excluding hydrogens is 364 g/mol. The standard InChI is InChI=1S/C21H21BrO2/c1-19(24-21(23)20-16-12-10-13-17-20)15-11-8-6-4-2-3-5-7-9-14-18-22/h10,12-13,16-17,19H,2,7-8,11,15,18H2,1H3. The minimum absolute atomic E-state index is 0.104. The van der Waals surface area contributed by atoms with Crippen LogP contribution in [0.5, 0.6) is 0 Å². The van der Waals surface area contributed by atoms with E-state index in [1.54, 1.807) is 12.1 Å². The maximum atomic E-state index is 11.9. The van der Waals surface area contributed by atoms with Gasteiger partial charge in [0.25, 0.3) is 0 Å². The molecule has 0 aromatic heterocycles. The number of halogens is 1. The molecule has 0 heterocycles. The monoisotopic (exact) mass is 384 g/mol. The van der Waals surface area contributed by atoms with Crippen LogP contribution in [0.4, 0.5) is 0 Å². The molecule has 24 heavy (non-hydrogen) atoms. The van der Waals surface area contributed by atoms with Crippen molar-refractivity contribution in [2.75, 3.05) is 5.33 Å². The first kappa shape index (κ1) is 19.9. The summed E-state index contributed by atoms with van der Waals surface area (Å²) in [6.45, 7) is 1.91. The summed E-state index contributed by atoms with van der Waals surface area (Å²) >= 11 is 3.23. The molecule has 0 bridgehead atoms. The number of ether oxygens (including phenoxy) is 1. The van der Waals surface area contributed by atoms with E-state index >= 15 is 0 Å². The van der Waals surface area contributed by atoms with Crippen molar-refractivity contribution in [2.24, 2.45) is 0 Å². The second-order valence-corrected chi connectivity index (χ2v) is 5.58. The molecule has 2 nitrogen and oxygen atoms in total. The molecule has 0 aliphatic rings. The van der Waals surface area contributed by atoms with Gasteiger partial charge in [0.1, 0.15) is 0 Å². The van der Waals surface area contributed by atoms with Gasteiger partial charge in [0.15, 0.2) is 0 Å².